The molecule has 4 heteroatoms. The van der Waals surface area contributed by atoms with Crippen LogP contribution < -0.4 is 5.32 Å². The summed E-state index contributed by atoms with van der Waals surface area (Å²) in [5, 5.41) is 7.78. The molecule has 0 aliphatic carbocycles. The zero-order valence-electron chi connectivity index (χ0n) is 10.9. The van der Waals surface area contributed by atoms with E-state index in [0.717, 1.165) is 16.7 Å². The molecule has 1 aromatic carbocycles. The Bertz CT molecular complexity index is 532. The van der Waals surface area contributed by atoms with Crippen molar-refractivity contribution in [2.45, 2.75) is 33.4 Å². The summed E-state index contributed by atoms with van der Waals surface area (Å²) in [5.41, 5.74) is 3.50. The predicted molar refractivity (Wildman–Crippen MR) is 78.0 cm³/mol. The van der Waals surface area contributed by atoms with Gasteiger partial charge in [0.2, 0.25) is 0 Å². The van der Waals surface area contributed by atoms with Crippen LogP contribution in [0.25, 0.3) is 5.69 Å². The highest BCUT2D eigenvalue weighted by Crippen LogP contribution is 2.19. The van der Waals surface area contributed by atoms with Gasteiger partial charge in [-0.05, 0) is 30.7 Å². The molecule has 0 fully saturated rings. The number of halogens is 1. The number of hydrogen-bond donors (Lipinski definition) is 1. The van der Waals surface area contributed by atoms with E-state index in [4.69, 9.17) is 0 Å². The third kappa shape index (κ3) is 3.21. The van der Waals surface area contributed by atoms with Crippen LogP contribution in [-0.2, 0) is 6.54 Å². The van der Waals surface area contributed by atoms with E-state index in [1.54, 1.807) is 0 Å². The van der Waals surface area contributed by atoms with Crippen LogP contribution in [0.2, 0.25) is 0 Å². The minimum atomic E-state index is 0.489. The Morgan fingerprint density at radius 3 is 2.83 bits per heavy atom. The van der Waals surface area contributed by atoms with Gasteiger partial charge in [0.25, 0.3) is 0 Å². The van der Waals surface area contributed by atoms with Crippen molar-refractivity contribution in [1.82, 2.24) is 15.1 Å². The van der Waals surface area contributed by atoms with Crippen LogP contribution in [0, 0.1) is 6.92 Å². The van der Waals surface area contributed by atoms with Gasteiger partial charge in [-0.15, -0.1) is 0 Å². The molecule has 0 aliphatic rings. The topological polar surface area (TPSA) is 29.9 Å². The van der Waals surface area contributed by atoms with E-state index in [0.29, 0.717) is 6.04 Å². The molecule has 3 nitrogen and oxygen atoms in total. The fourth-order valence-electron chi connectivity index (χ4n) is 1.69. The van der Waals surface area contributed by atoms with E-state index in [9.17, 15) is 0 Å². The van der Waals surface area contributed by atoms with Crippen LogP contribution in [0.3, 0.4) is 0 Å². The first-order chi connectivity index (χ1) is 8.56. The lowest BCUT2D eigenvalue weighted by Gasteiger charge is -2.06. The van der Waals surface area contributed by atoms with Gasteiger partial charge in [-0.3, -0.25) is 0 Å². The van der Waals surface area contributed by atoms with Crippen molar-refractivity contribution in [3.63, 3.8) is 0 Å². The van der Waals surface area contributed by atoms with Crippen LogP contribution in [0.15, 0.2) is 35.1 Å². The zero-order valence-corrected chi connectivity index (χ0v) is 12.5. The van der Waals surface area contributed by atoms with Crippen molar-refractivity contribution in [1.29, 1.82) is 0 Å². The van der Waals surface area contributed by atoms with Gasteiger partial charge in [-0.2, -0.15) is 5.10 Å². The third-order valence-electron chi connectivity index (χ3n) is 2.76. The number of aromatic nitrogens is 2. The molecule has 0 amide bonds. The predicted octanol–water partition coefficient (Wildman–Crippen LogP) is 3.44. The zero-order chi connectivity index (χ0) is 13.1. The van der Waals surface area contributed by atoms with Crippen LogP contribution >= 0.6 is 15.9 Å². The minimum absolute atomic E-state index is 0.489. The average Bonchev–Trinajstić information content (AvgIpc) is 2.79. The molecule has 0 bridgehead atoms. The maximum atomic E-state index is 4.40. The van der Waals surface area contributed by atoms with Gasteiger partial charge in [-0.25, -0.2) is 4.68 Å². The second-order valence-electron chi connectivity index (χ2n) is 4.76. The second-order valence-corrected chi connectivity index (χ2v) is 5.62. The van der Waals surface area contributed by atoms with Crippen molar-refractivity contribution >= 4 is 15.9 Å². The number of benzene rings is 1. The fraction of sp³-hybridized carbons (Fsp3) is 0.357. The summed E-state index contributed by atoms with van der Waals surface area (Å²) in [7, 11) is 0. The molecule has 0 radical (unpaired) electrons. The maximum Gasteiger partial charge on any atom is 0.0649 e. The summed E-state index contributed by atoms with van der Waals surface area (Å²) in [6.45, 7) is 7.22. The average molecular weight is 308 g/mol. The number of hydrogen-bond acceptors (Lipinski definition) is 2. The molecule has 0 unspecified atom stereocenters. The smallest absolute Gasteiger partial charge is 0.0649 e. The monoisotopic (exact) mass is 307 g/mol. The largest absolute Gasteiger partial charge is 0.310 e. The van der Waals surface area contributed by atoms with Crippen molar-refractivity contribution in [3.8, 4) is 5.69 Å². The Balaban J connectivity index is 2.16. The van der Waals surface area contributed by atoms with Crippen molar-refractivity contribution < 1.29 is 0 Å². The van der Waals surface area contributed by atoms with Gasteiger partial charge in [0, 0.05) is 28.8 Å². The summed E-state index contributed by atoms with van der Waals surface area (Å²) in [6.07, 6.45) is 3.98. The van der Waals surface area contributed by atoms with Gasteiger partial charge in [0.1, 0.15) is 0 Å². The first kappa shape index (κ1) is 13.3. The van der Waals surface area contributed by atoms with Crippen LogP contribution in [0.5, 0.6) is 0 Å². The first-order valence-electron chi connectivity index (χ1n) is 6.09. The van der Waals surface area contributed by atoms with Gasteiger partial charge >= 0.3 is 0 Å². The van der Waals surface area contributed by atoms with E-state index in [2.05, 4.69) is 71.5 Å². The van der Waals surface area contributed by atoms with E-state index in [1.165, 1.54) is 11.1 Å². The molecule has 2 aromatic rings. The molecule has 0 saturated carbocycles. The van der Waals surface area contributed by atoms with Gasteiger partial charge < -0.3 is 5.32 Å². The number of nitrogens with one attached hydrogen (secondary N) is 1. The molecular formula is C14H18BrN3. The third-order valence-corrected chi connectivity index (χ3v) is 3.65. The Hall–Kier alpha value is -1.13. The Morgan fingerprint density at radius 1 is 1.39 bits per heavy atom. The van der Waals surface area contributed by atoms with Crippen molar-refractivity contribution in [2.75, 3.05) is 0 Å². The standard InChI is InChI=1S/C14H18BrN3/c1-10(2)16-7-12-8-17-18(9-12)13-4-5-14(15)11(3)6-13/h4-6,8-10,16H,7H2,1-3H3. The normalized spacial score (nSPS) is 11.2. The Morgan fingerprint density at radius 2 is 2.17 bits per heavy atom. The second kappa shape index (κ2) is 5.67. The number of nitrogens with zero attached hydrogens (tertiary/aromatic N) is 2. The number of aryl methyl sites for hydroxylation is 1. The summed E-state index contributed by atoms with van der Waals surface area (Å²) < 4.78 is 3.04. The molecule has 18 heavy (non-hydrogen) atoms. The molecular weight excluding hydrogens is 290 g/mol. The van der Waals surface area contributed by atoms with Crippen LogP contribution in [0.4, 0.5) is 0 Å². The summed E-state index contributed by atoms with van der Waals surface area (Å²) in [6, 6.07) is 6.72. The molecule has 1 aromatic heterocycles. The van der Waals surface area contributed by atoms with E-state index in [1.807, 2.05) is 10.9 Å². The number of rotatable bonds is 4. The summed E-state index contributed by atoms with van der Waals surface area (Å²) >= 11 is 3.51. The maximum absolute atomic E-state index is 4.40. The van der Waals surface area contributed by atoms with E-state index < -0.39 is 0 Å². The quantitative estimate of drug-likeness (QED) is 0.937. The molecule has 0 atom stereocenters. The molecule has 1 heterocycles. The lowest BCUT2D eigenvalue weighted by Crippen LogP contribution is -2.21. The molecule has 0 saturated heterocycles. The fourth-order valence-corrected chi connectivity index (χ4v) is 1.93. The minimum Gasteiger partial charge on any atom is -0.310 e. The van der Waals surface area contributed by atoms with Gasteiger partial charge in [-0.1, -0.05) is 29.8 Å². The molecule has 96 valence electrons. The lowest BCUT2D eigenvalue weighted by atomic mass is 10.2. The molecule has 2 rings (SSSR count). The van der Waals surface area contributed by atoms with Gasteiger partial charge in [0.15, 0.2) is 0 Å². The van der Waals surface area contributed by atoms with Crippen molar-refractivity contribution in [3.05, 3.63) is 46.2 Å². The highest BCUT2D eigenvalue weighted by atomic mass is 79.9. The van der Waals surface area contributed by atoms with Crippen LogP contribution in [-0.4, -0.2) is 15.8 Å². The SMILES string of the molecule is Cc1cc(-n2cc(CNC(C)C)cn2)ccc1Br. The van der Waals surface area contributed by atoms with E-state index >= 15 is 0 Å². The summed E-state index contributed by atoms with van der Waals surface area (Å²) in [4.78, 5) is 0. The Kier molecular flexibility index (Phi) is 4.19. The molecule has 0 aliphatic heterocycles. The molecule has 1 N–H and O–H groups in total. The lowest BCUT2D eigenvalue weighted by molar-refractivity contribution is 0.589. The van der Waals surface area contributed by atoms with Gasteiger partial charge in [0.05, 0.1) is 11.9 Å². The highest BCUT2D eigenvalue weighted by Gasteiger charge is 2.03. The Labute approximate surface area is 116 Å². The molecule has 0 spiro atoms. The first-order valence-corrected chi connectivity index (χ1v) is 6.89. The summed E-state index contributed by atoms with van der Waals surface area (Å²) in [5.74, 6) is 0. The van der Waals surface area contributed by atoms with Crippen LogP contribution in [0.1, 0.15) is 25.0 Å². The van der Waals surface area contributed by atoms with Crippen molar-refractivity contribution in [2.24, 2.45) is 0 Å². The van der Waals surface area contributed by atoms with E-state index in [-0.39, 0.29) is 0 Å². The highest BCUT2D eigenvalue weighted by molar-refractivity contribution is 9.10.